The summed E-state index contributed by atoms with van der Waals surface area (Å²) in [5, 5.41) is 8.47. The van der Waals surface area contributed by atoms with Crippen LogP contribution in [0.3, 0.4) is 0 Å². The van der Waals surface area contributed by atoms with Crippen molar-refractivity contribution in [2.45, 2.75) is 38.1 Å². The Kier molecular flexibility index (Phi) is 3.47. The van der Waals surface area contributed by atoms with Crippen LogP contribution in [0, 0.1) is 6.92 Å². The third-order valence-corrected chi connectivity index (χ3v) is 5.75. The van der Waals surface area contributed by atoms with Gasteiger partial charge in [0.1, 0.15) is 0 Å². The van der Waals surface area contributed by atoms with Crippen LogP contribution in [-0.2, 0) is 30.2 Å². The SMILES string of the molecule is Cc1noc(-c2nn(C)c3c2CN(C(=O)C2(c4ccccc4)CC2)CC3)n1. The first-order valence-electron chi connectivity index (χ1n) is 9.29. The number of carbonyl (C=O) groups excluding carboxylic acids is 1. The molecule has 7 nitrogen and oxygen atoms in total. The number of hydrogen-bond acceptors (Lipinski definition) is 5. The lowest BCUT2D eigenvalue weighted by Gasteiger charge is -2.31. The molecule has 0 spiro atoms. The zero-order valence-corrected chi connectivity index (χ0v) is 15.5. The van der Waals surface area contributed by atoms with Crippen molar-refractivity contribution in [2.24, 2.45) is 7.05 Å². The fourth-order valence-corrected chi connectivity index (χ4v) is 4.14. The Morgan fingerprint density at radius 2 is 2.00 bits per heavy atom. The summed E-state index contributed by atoms with van der Waals surface area (Å²) in [5.41, 5.74) is 3.62. The van der Waals surface area contributed by atoms with Gasteiger partial charge in [-0.2, -0.15) is 10.1 Å². The van der Waals surface area contributed by atoms with E-state index in [1.165, 1.54) is 0 Å². The lowest BCUT2D eigenvalue weighted by Crippen LogP contribution is -2.42. The highest BCUT2D eigenvalue weighted by molar-refractivity contribution is 5.91. The Labute approximate surface area is 157 Å². The Morgan fingerprint density at radius 1 is 1.22 bits per heavy atom. The van der Waals surface area contributed by atoms with Crippen molar-refractivity contribution in [3.63, 3.8) is 0 Å². The molecule has 1 saturated carbocycles. The van der Waals surface area contributed by atoms with E-state index in [2.05, 4.69) is 27.4 Å². The van der Waals surface area contributed by atoms with Gasteiger partial charge in [0, 0.05) is 37.8 Å². The van der Waals surface area contributed by atoms with E-state index < -0.39 is 0 Å². The molecule has 0 saturated heterocycles. The van der Waals surface area contributed by atoms with Crippen LogP contribution >= 0.6 is 0 Å². The normalized spacial score (nSPS) is 17.6. The van der Waals surface area contributed by atoms with E-state index in [9.17, 15) is 4.79 Å². The predicted molar refractivity (Wildman–Crippen MR) is 97.7 cm³/mol. The summed E-state index contributed by atoms with van der Waals surface area (Å²) in [5.74, 6) is 1.22. The Morgan fingerprint density at radius 3 is 2.67 bits per heavy atom. The third kappa shape index (κ3) is 2.49. The van der Waals surface area contributed by atoms with E-state index >= 15 is 0 Å². The van der Waals surface area contributed by atoms with Crippen molar-refractivity contribution < 1.29 is 9.32 Å². The maximum Gasteiger partial charge on any atom is 0.278 e. The number of nitrogens with zero attached hydrogens (tertiary/aromatic N) is 5. The molecular formula is C20H21N5O2. The van der Waals surface area contributed by atoms with Gasteiger partial charge in [-0.15, -0.1) is 0 Å². The van der Waals surface area contributed by atoms with Gasteiger partial charge in [0.25, 0.3) is 5.89 Å². The largest absolute Gasteiger partial charge is 0.337 e. The standard InChI is InChI=1S/C20H21N5O2/c1-13-21-18(27-23-13)17-15-12-25(11-8-16(15)24(2)22-17)19(26)20(9-10-20)14-6-4-3-5-7-14/h3-7H,8-12H2,1-2H3. The van der Waals surface area contributed by atoms with Gasteiger partial charge in [0.05, 0.1) is 5.41 Å². The fraction of sp³-hybridized carbons (Fsp3) is 0.400. The molecular weight excluding hydrogens is 342 g/mol. The highest BCUT2D eigenvalue weighted by Gasteiger charge is 2.53. The highest BCUT2D eigenvalue weighted by Crippen LogP contribution is 2.50. The summed E-state index contributed by atoms with van der Waals surface area (Å²) in [4.78, 5) is 19.7. The van der Waals surface area contributed by atoms with Gasteiger partial charge in [-0.25, -0.2) is 0 Å². The number of carbonyl (C=O) groups is 1. The molecule has 2 aliphatic rings. The molecule has 5 rings (SSSR count). The average molecular weight is 363 g/mol. The zero-order chi connectivity index (χ0) is 18.6. The molecule has 1 fully saturated rings. The van der Waals surface area contributed by atoms with E-state index in [1.807, 2.05) is 34.8 Å². The van der Waals surface area contributed by atoms with Crippen molar-refractivity contribution in [2.75, 3.05) is 6.54 Å². The van der Waals surface area contributed by atoms with Crippen LogP contribution in [0.5, 0.6) is 0 Å². The molecule has 1 aliphatic heterocycles. The van der Waals surface area contributed by atoms with Crippen LogP contribution in [-0.4, -0.2) is 37.3 Å². The van der Waals surface area contributed by atoms with Gasteiger partial charge >= 0.3 is 0 Å². The summed E-state index contributed by atoms with van der Waals surface area (Å²) in [6, 6.07) is 10.1. The maximum atomic E-state index is 13.4. The third-order valence-electron chi connectivity index (χ3n) is 5.75. The molecule has 7 heteroatoms. The first kappa shape index (κ1) is 16.2. The van der Waals surface area contributed by atoms with Crippen LogP contribution in [0.4, 0.5) is 0 Å². The molecule has 1 aromatic carbocycles. The molecule has 0 bridgehead atoms. The number of benzene rings is 1. The van der Waals surface area contributed by atoms with Crippen LogP contribution < -0.4 is 0 Å². The molecule has 0 unspecified atom stereocenters. The lowest BCUT2D eigenvalue weighted by atomic mass is 9.93. The topological polar surface area (TPSA) is 77.0 Å². The van der Waals surface area contributed by atoms with Crippen LogP contribution in [0.2, 0.25) is 0 Å². The summed E-state index contributed by atoms with van der Waals surface area (Å²) in [6.45, 7) is 3.03. The average Bonchev–Trinajstić information content (AvgIpc) is 3.30. The molecule has 2 aromatic heterocycles. The molecule has 3 aromatic rings. The molecule has 27 heavy (non-hydrogen) atoms. The maximum absolute atomic E-state index is 13.4. The predicted octanol–water partition coefficient (Wildman–Crippen LogP) is 2.40. The number of rotatable bonds is 3. The summed E-state index contributed by atoms with van der Waals surface area (Å²) >= 11 is 0. The molecule has 0 radical (unpaired) electrons. The zero-order valence-electron chi connectivity index (χ0n) is 15.5. The minimum absolute atomic E-state index is 0.218. The quantitative estimate of drug-likeness (QED) is 0.714. The highest BCUT2D eigenvalue weighted by atomic mass is 16.5. The Bertz CT molecular complexity index is 1020. The first-order valence-corrected chi connectivity index (χ1v) is 9.29. The Hall–Kier alpha value is -2.96. The minimum atomic E-state index is -0.345. The summed E-state index contributed by atoms with van der Waals surface area (Å²) < 4.78 is 7.21. The monoisotopic (exact) mass is 363 g/mol. The molecule has 138 valence electrons. The van der Waals surface area contributed by atoms with Crippen molar-refractivity contribution in [3.05, 3.63) is 53.0 Å². The molecule has 1 amide bonds. The van der Waals surface area contributed by atoms with Crippen molar-refractivity contribution in [1.82, 2.24) is 24.8 Å². The van der Waals surface area contributed by atoms with Crippen molar-refractivity contribution >= 4 is 5.91 Å². The molecule has 3 heterocycles. The van der Waals surface area contributed by atoms with Gasteiger partial charge < -0.3 is 9.42 Å². The number of fused-ring (bicyclic) bond motifs is 1. The lowest BCUT2D eigenvalue weighted by molar-refractivity contribution is -0.134. The number of aromatic nitrogens is 4. The second-order valence-corrected chi connectivity index (χ2v) is 7.47. The van der Waals surface area contributed by atoms with Gasteiger partial charge in [-0.1, -0.05) is 35.5 Å². The number of hydrogen-bond donors (Lipinski definition) is 0. The van der Waals surface area contributed by atoms with Crippen molar-refractivity contribution in [1.29, 1.82) is 0 Å². The second-order valence-electron chi connectivity index (χ2n) is 7.47. The molecule has 1 aliphatic carbocycles. The van der Waals surface area contributed by atoms with Gasteiger partial charge in [-0.05, 0) is 25.3 Å². The van der Waals surface area contributed by atoms with Crippen LogP contribution in [0.25, 0.3) is 11.6 Å². The second kappa shape index (κ2) is 5.77. The van der Waals surface area contributed by atoms with E-state index in [0.29, 0.717) is 30.5 Å². The Balaban J connectivity index is 1.47. The van der Waals surface area contributed by atoms with Gasteiger partial charge in [-0.3, -0.25) is 9.48 Å². The first-order chi connectivity index (χ1) is 13.1. The van der Waals surface area contributed by atoms with Crippen molar-refractivity contribution in [3.8, 4) is 11.6 Å². The number of aryl methyl sites for hydroxylation is 2. The smallest absolute Gasteiger partial charge is 0.278 e. The summed E-state index contributed by atoms with van der Waals surface area (Å²) in [7, 11) is 1.93. The minimum Gasteiger partial charge on any atom is -0.337 e. The van der Waals surface area contributed by atoms with Gasteiger partial charge in [0.15, 0.2) is 11.5 Å². The van der Waals surface area contributed by atoms with Crippen LogP contribution in [0.15, 0.2) is 34.9 Å². The molecule has 0 atom stereocenters. The van der Waals surface area contributed by atoms with E-state index in [-0.39, 0.29) is 11.3 Å². The molecule has 0 N–H and O–H groups in total. The fourth-order valence-electron chi connectivity index (χ4n) is 4.14. The van der Waals surface area contributed by atoms with E-state index in [1.54, 1.807) is 6.92 Å². The van der Waals surface area contributed by atoms with Gasteiger partial charge in [0.2, 0.25) is 5.91 Å². The van der Waals surface area contributed by atoms with E-state index in [0.717, 1.165) is 36.1 Å². The number of amides is 1. The van der Waals surface area contributed by atoms with E-state index in [4.69, 9.17) is 4.52 Å². The summed E-state index contributed by atoms with van der Waals surface area (Å²) in [6.07, 6.45) is 2.62. The van der Waals surface area contributed by atoms with Crippen LogP contribution in [0.1, 0.15) is 35.5 Å².